The van der Waals surface area contributed by atoms with Gasteiger partial charge in [0.05, 0.1) is 6.54 Å². The molecule has 0 amide bonds. The molecule has 1 aromatic carbocycles. The minimum atomic E-state index is -0.0671. The monoisotopic (exact) mass is 416 g/mol. The van der Waals surface area contributed by atoms with Crippen molar-refractivity contribution in [3.05, 3.63) is 59.9 Å². The van der Waals surface area contributed by atoms with Gasteiger partial charge in [-0.25, -0.2) is 14.8 Å². The van der Waals surface area contributed by atoms with E-state index >= 15 is 0 Å². The summed E-state index contributed by atoms with van der Waals surface area (Å²) in [6.07, 6.45) is 6.78. The van der Waals surface area contributed by atoms with Crippen molar-refractivity contribution < 1.29 is 0 Å². The summed E-state index contributed by atoms with van der Waals surface area (Å²) in [7, 11) is 0. The molecule has 0 aliphatic carbocycles. The van der Waals surface area contributed by atoms with E-state index in [1.54, 1.807) is 6.20 Å². The third-order valence-corrected chi connectivity index (χ3v) is 5.19. The highest BCUT2D eigenvalue weighted by Crippen LogP contribution is 2.29. The highest BCUT2D eigenvalue weighted by Gasteiger charge is 2.21. The van der Waals surface area contributed by atoms with Gasteiger partial charge in [-0.15, -0.1) is 5.10 Å². The first kappa shape index (κ1) is 20.8. The van der Waals surface area contributed by atoms with Gasteiger partial charge < -0.3 is 0 Å². The first-order valence-electron chi connectivity index (χ1n) is 10.7. The Balaban J connectivity index is 1.60. The summed E-state index contributed by atoms with van der Waals surface area (Å²) in [5.74, 6) is 2.58. The summed E-state index contributed by atoms with van der Waals surface area (Å²) >= 11 is 0. The summed E-state index contributed by atoms with van der Waals surface area (Å²) in [5.41, 5.74) is 4.07. The Morgan fingerprint density at radius 2 is 1.84 bits per heavy atom. The van der Waals surface area contributed by atoms with Crippen molar-refractivity contribution in [2.24, 2.45) is 0 Å². The number of benzene rings is 1. The van der Waals surface area contributed by atoms with E-state index in [1.807, 2.05) is 12.3 Å². The van der Waals surface area contributed by atoms with Gasteiger partial charge >= 0.3 is 0 Å². The molecule has 8 nitrogen and oxygen atoms in total. The van der Waals surface area contributed by atoms with E-state index in [9.17, 15) is 0 Å². The number of aryl methyl sites for hydroxylation is 1. The van der Waals surface area contributed by atoms with Crippen LogP contribution in [0.2, 0.25) is 0 Å². The van der Waals surface area contributed by atoms with E-state index in [0.29, 0.717) is 12.4 Å². The van der Waals surface area contributed by atoms with Gasteiger partial charge in [0.1, 0.15) is 5.82 Å². The van der Waals surface area contributed by atoms with Crippen LogP contribution in [0, 0.1) is 0 Å². The second kappa shape index (κ2) is 8.75. The first-order chi connectivity index (χ1) is 15.0. The first-order valence-corrected chi connectivity index (χ1v) is 10.7. The van der Waals surface area contributed by atoms with Gasteiger partial charge in [-0.3, -0.25) is 4.98 Å². The molecule has 0 saturated heterocycles. The van der Waals surface area contributed by atoms with Crippen LogP contribution in [0.4, 0.5) is 0 Å². The second-order valence-corrected chi connectivity index (χ2v) is 8.73. The van der Waals surface area contributed by atoms with Crippen LogP contribution in [0.5, 0.6) is 0 Å². The molecule has 3 heterocycles. The van der Waals surface area contributed by atoms with Gasteiger partial charge in [0.15, 0.2) is 11.6 Å². The molecular weight excluding hydrogens is 388 g/mol. The molecule has 0 unspecified atom stereocenters. The van der Waals surface area contributed by atoms with Gasteiger partial charge in [0.2, 0.25) is 0 Å². The van der Waals surface area contributed by atoms with Crippen molar-refractivity contribution in [1.29, 1.82) is 0 Å². The fourth-order valence-electron chi connectivity index (χ4n) is 3.41. The molecule has 0 fully saturated rings. The lowest BCUT2D eigenvalue weighted by atomic mass is 9.96. The lowest BCUT2D eigenvalue weighted by Crippen LogP contribution is -2.14. The topological polar surface area (TPSA) is 98.1 Å². The minimum absolute atomic E-state index is 0.0671. The largest absolute Gasteiger partial charge is 0.264 e. The Morgan fingerprint density at radius 3 is 2.52 bits per heavy atom. The maximum Gasteiger partial charge on any atom is 0.180 e. The Kier molecular flexibility index (Phi) is 5.88. The molecule has 0 atom stereocenters. The van der Waals surface area contributed by atoms with Crippen molar-refractivity contribution >= 4 is 0 Å². The minimum Gasteiger partial charge on any atom is -0.264 e. The van der Waals surface area contributed by atoms with E-state index in [-0.39, 0.29) is 5.41 Å². The number of hydrogen-bond acceptors (Lipinski definition) is 6. The fraction of sp³-hybridized carbons (Fsp3) is 0.391. The second-order valence-electron chi connectivity index (χ2n) is 8.73. The lowest BCUT2D eigenvalue weighted by molar-refractivity contribution is 0.532. The zero-order valence-electron chi connectivity index (χ0n) is 18.5. The summed E-state index contributed by atoms with van der Waals surface area (Å²) in [5, 5.41) is 19.1. The van der Waals surface area contributed by atoms with Crippen molar-refractivity contribution in [3.63, 3.8) is 0 Å². The van der Waals surface area contributed by atoms with Crippen LogP contribution < -0.4 is 0 Å². The number of rotatable bonds is 7. The van der Waals surface area contributed by atoms with Crippen molar-refractivity contribution in [2.75, 3.05) is 0 Å². The lowest BCUT2D eigenvalue weighted by Gasteiger charge is -2.12. The van der Waals surface area contributed by atoms with Crippen molar-refractivity contribution in [2.45, 2.75) is 58.9 Å². The van der Waals surface area contributed by atoms with Crippen LogP contribution in [-0.2, 0) is 18.4 Å². The fourth-order valence-corrected chi connectivity index (χ4v) is 3.41. The van der Waals surface area contributed by atoms with E-state index in [0.717, 1.165) is 47.6 Å². The van der Waals surface area contributed by atoms with Gasteiger partial charge in [-0.1, -0.05) is 58.4 Å². The molecule has 0 aliphatic rings. The third-order valence-electron chi connectivity index (χ3n) is 5.19. The number of aromatic nitrogens is 8. The average Bonchev–Trinajstić information content (AvgIpc) is 3.43. The molecule has 0 aliphatic heterocycles. The number of nitrogens with one attached hydrogen (secondary N) is 1. The Bertz CT molecular complexity index is 1120. The molecule has 160 valence electrons. The summed E-state index contributed by atoms with van der Waals surface area (Å²) in [6.45, 7) is 9.36. The van der Waals surface area contributed by atoms with E-state index in [4.69, 9.17) is 10.1 Å². The highest BCUT2D eigenvalue weighted by molar-refractivity contribution is 5.79. The summed E-state index contributed by atoms with van der Waals surface area (Å²) in [4.78, 5) is 9.12. The number of pyridine rings is 1. The zero-order chi connectivity index (χ0) is 21.8. The predicted molar refractivity (Wildman–Crippen MR) is 119 cm³/mol. The number of nitrogens with zero attached hydrogens (tertiary/aromatic N) is 7. The SMILES string of the molecule is CCCCc1nc(C(C)(C)C)nn1Cc1ccc(-c2cnccc2-c2nnn[nH]2)cc1. The maximum absolute atomic E-state index is 4.84. The van der Waals surface area contributed by atoms with E-state index in [2.05, 4.69) is 82.3 Å². The van der Waals surface area contributed by atoms with Gasteiger partial charge in [-0.2, -0.15) is 5.10 Å². The molecular formula is C23H28N8. The molecule has 0 bridgehead atoms. The molecule has 1 N–H and O–H groups in total. The molecule has 0 spiro atoms. The number of aromatic amines is 1. The van der Waals surface area contributed by atoms with E-state index < -0.39 is 0 Å². The van der Waals surface area contributed by atoms with Gasteiger partial charge in [0, 0.05) is 35.4 Å². The predicted octanol–water partition coefficient (Wildman–Crippen LogP) is 4.21. The maximum atomic E-state index is 4.84. The average molecular weight is 417 g/mol. The summed E-state index contributed by atoms with van der Waals surface area (Å²) in [6, 6.07) is 10.4. The summed E-state index contributed by atoms with van der Waals surface area (Å²) < 4.78 is 2.06. The Morgan fingerprint density at radius 1 is 1.03 bits per heavy atom. The van der Waals surface area contributed by atoms with Crippen LogP contribution in [0.3, 0.4) is 0 Å². The smallest absolute Gasteiger partial charge is 0.180 e. The van der Waals surface area contributed by atoms with Crippen LogP contribution >= 0.6 is 0 Å². The highest BCUT2D eigenvalue weighted by atomic mass is 15.5. The molecule has 4 rings (SSSR count). The Hall–Kier alpha value is -3.42. The van der Waals surface area contributed by atoms with Crippen LogP contribution in [0.1, 0.15) is 57.7 Å². The standard InChI is InChI=1S/C23H28N8/c1-5-6-7-20-25-22(23(2,3)4)28-31(20)15-16-8-10-17(11-9-16)19-14-24-13-12-18(19)21-26-29-30-27-21/h8-14H,5-7,15H2,1-4H3,(H,26,27,29,30). The molecule has 8 heteroatoms. The van der Waals surface area contributed by atoms with Crippen LogP contribution in [0.15, 0.2) is 42.7 Å². The van der Waals surface area contributed by atoms with Crippen molar-refractivity contribution in [1.82, 2.24) is 40.4 Å². The van der Waals surface area contributed by atoms with Crippen LogP contribution in [0.25, 0.3) is 22.5 Å². The normalized spacial score (nSPS) is 11.7. The van der Waals surface area contributed by atoms with Crippen molar-refractivity contribution in [3.8, 4) is 22.5 Å². The van der Waals surface area contributed by atoms with Crippen LogP contribution in [-0.4, -0.2) is 40.4 Å². The van der Waals surface area contributed by atoms with Gasteiger partial charge in [-0.05, 0) is 34.0 Å². The Labute approximate surface area is 182 Å². The third kappa shape index (κ3) is 4.68. The number of H-pyrrole nitrogens is 1. The molecule has 31 heavy (non-hydrogen) atoms. The quantitative estimate of drug-likeness (QED) is 0.485. The molecule has 0 radical (unpaired) electrons. The zero-order valence-corrected chi connectivity index (χ0v) is 18.5. The number of hydrogen-bond donors (Lipinski definition) is 1. The molecule has 4 aromatic rings. The van der Waals surface area contributed by atoms with Gasteiger partial charge in [0.25, 0.3) is 0 Å². The van der Waals surface area contributed by atoms with E-state index in [1.165, 1.54) is 5.56 Å². The number of tetrazole rings is 1. The molecule has 0 saturated carbocycles. The molecule has 3 aromatic heterocycles. The number of unbranched alkanes of at least 4 members (excludes halogenated alkanes) is 1.